The topological polar surface area (TPSA) is 15.3 Å². The number of unbranched alkanes of at least 4 members (excludes halogenated alkanes) is 1. The first-order valence-electron chi connectivity index (χ1n) is 8.15. The SMILES string of the molecule is CCCCN(C)CC(C)C(NCCC)c1ccccc1. The summed E-state index contributed by atoms with van der Waals surface area (Å²) in [6.45, 7) is 10.3. The van der Waals surface area contributed by atoms with Crippen LogP contribution in [0.4, 0.5) is 0 Å². The number of rotatable bonds is 10. The van der Waals surface area contributed by atoms with Crippen molar-refractivity contribution in [3.8, 4) is 0 Å². The highest BCUT2D eigenvalue weighted by molar-refractivity contribution is 5.19. The lowest BCUT2D eigenvalue weighted by molar-refractivity contribution is 0.244. The summed E-state index contributed by atoms with van der Waals surface area (Å²) in [7, 11) is 2.24. The lowest BCUT2D eigenvalue weighted by Gasteiger charge is -2.29. The molecule has 114 valence electrons. The Morgan fingerprint density at radius 2 is 1.80 bits per heavy atom. The first-order chi connectivity index (χ1) is 9.69. The second kappa shape index (κ2) is 9.95. The molecular weight excluding hydrogens is 244 g/mol. The molecule has 0 aliphatic carbocycles. The van der Waals surface area contributed by atoms with E-state index < -0.39 is 0 Å². The van der Waals surface area contributed by atoms with E-state index in [1.165, 1.54) is 31.4 Å². The van der Waals surface area contributed by atoms with Gasteiger partial charge in [-0.15, -0.1) is 0 Å². The molecule has 1 aromatic rings. The summed E-state index contributed by atoms with van der Waals surface area (Å²) in [5.74, 6) is 0.616. The molecule has 20 heavy (non-hydrogen) atoms. The summed E-state index contributed by atoms with van der Waals surface area (Å²) >= 11 is 0. The monoisotopic (exact) mass is 276 g/mol. The highest BCUT2D eigenvalue weighted by atomic mass is 15.1. The van der Waals surface area contributed by atoms with E-state index in [1.54, 1.807) is 0 Å². The predicted molar refractivity (Wildman–Crippen MR) is 89.0 cm³/mol. The Kier molecular flexibility index (Phi) is 8.56. The molecule has 2 nitrogen and oxygen atoms in total. The van der Waals surface area contributed by atoms with Crippen LogP contribution in [-0.2, 0) is 0 Å². The second-order valence-electron chi connectivity index (χ2n) is 5.94. The summed E-state index contributed by atoms with van der Waals surface area (Å²) in [5.41, 5.74) is 1.41. The van der Waals surface area contributed by atoms with E-state index in [0.717, 1.165) is 13.1 Å². The Labute approximate surface area is 125 Å². The quantitative estimate of drug-likeness (QED) is 0.692. The normalized spacial score (nSPS) is 14.4. The molecular formula is C18H32N2. The van der Waals surface area contributed by atoms with E-state index in [9.17, 15) is 0 Å². The average Bonchev–Trinajstić information content (AvgIpc) is 2.46. The molecule has 2 heteroatoms. The van der Waals surface area contributed by atoms with Crippen LogP contribution in [-0.4, -0.2) is 31.6 Å². The number of hydrogen-bond donors (Lipinski definition) is 1. The predicted octanol–water partition coefficient (Wildman–Crippen LogP) is 4.10. The number of hydrogen-bond acceptors (Lipinski definition) is 2. The fraction of sp³-hybridized carbons (Fsp3) is 0.667. The first-order valence-corrected chi connectivity index (χ1v) is 8.15. The van der Waals surface area contributed by atoms with Crippen molar-refractivity contribution in [3.05, 3.63) is 35.9 Å². The molecule has 2 atom stereocenters. The highest BCUT2D eigenvalue weighted by Gasteiger charge is 2.19. The first kappa shape index (κ1) is 17.2. The van der Waals surface area contributed by atoms with Crippen LogP contribution >= 0.6 is 0 Å². The molecule has 0 saturated heterocycles. The van der Waals surface area contributed by atoms with E-state index in [2.05, 4.69) is 68.4 Å². The minimum atomic E-state index is 0.459. The zero-order chi connectivity index (χ0) is 14.8. The van der Waals surface area contributed by atoms with Gasteiger partial charge in [-0.3, -0.25) is 0 Å². The van der Waals surface area contributed by atoms with Crippen LogP contribution in [0.5, 0.6) is 0 Å². The summed E-state index contributed by atoms with van der Waals surface area (Å²) < 4.78 is 0. The van der Waals surface area contributed by atoms with E-state index in [1.807, 2.05) is 0 Å². The van der Waals surface area contributed by atoms with Gasteiger partial charge >= 0.3 is 0 Å². The van der Waals surface area contributed by atoms with Gasteiger partial charge in [0.2, 0.25) is 0 Å². The molecule has 0 aliphatic rings. The Morgan fingerprint density at radius 1 is 1.10 bits per heavy atom. The Morgan fingerprint density at radius 3 is 2.40 bits per heavy atom. The number of nitrogens with one attached hydrogen (secondary N) is 1. The van der Waals surface area contributed by atoms with Crippen molar-refractivity contribution in [2.45, 2.75) is 46.1 Å². The lowest BCUT2D eigenvalue weighted by atomic mass is 9.93. The van der Waals surface area contributed by atoms with Crippen LogP contribution in [0.25, 0.3) is 0 Å². The minimum Gasteiger partial charge on any atom is -0.310 e. The average molecular weight is 276 g/mol. The molecule has 0 saturated carbocycles. The third-order valence-electron chi connectivity index (χ3n) is 3.84. The molecule has 0 bridgehead atoms. The van der Waals surface area contributed by atoms with Crippen LogP contribution in [0.3, 0.4) is 0 Å². The van der Waals surface area contributed by atoms with Crippen molar-refractivity contribution in [2.24, 2.45) is 5.92 Å². The van der Waals surface area contributed by atoms with Crippen molar-refractivity contribution >= 4 is 0 Å². The maximum absolute atomic E-state index is 3.72. The summed E-state index contributed by atoms with van der Waals surface area (Å²) in [6.07, 6.45) is 3.75. The molecule has 1 aromatic carbocycles. The molecule has 1 rings (SSSR count). The van der Waals surface area contributed by atoms with Gasteiger partial charge in [-0.05, 0) is 44.5 Å². The molecule has 0 radical (unpaired) electrons. The Hall–Kier alpha value is -0.860. The fourth-order valence-corrected chi connectivity index (χ4v) is 2.72. The standard InChI is InChI=1S/C18H32N2/c1-5-7-14-20(4)15-16(3)18(19-13-6-2)17-11-9-8-10-12-17/h8-12,16,18-19H,5-7,13-15H2,1-4H3. The lowest BCUT2D eigenvalue weighted by Crippen LogP contribution is -2.35. The van der Waals surface area contributed by atoms with Gasteiger partial charge < -0.3 is 10.2 Å². The molecule has 0 amide bonds. The zero-order valence-corrected chi connectivity index (χ0v) is 13.7. The van der Waals surface area contributed by atoms with Crippen LogP contribution in [0, 0.1) is 5.92 Å². The molecule has 0 spiro atoms. The number of benzene rings is 1. The van der Waals surface area contributed by atoms with Gasteiger partial charge in [0.1, 0.15) is 0 Å². The van der Waals surface area contributed by atoms with Crippen molar-refractivity contribution in [1.29, 1.82) is 0 Å². The third-order valence-corrected chi connectivity index (χ3v) is 3.84. The minimum absolute atomic E-state index is 0.459. The van der Waals surface area contributed by atoms with E-state index in [-0.39, 0.29) is 0 Å². The molecule has 0 aliphatic heterocycles. The molecule has 0 fully saturated rings. The van der Waals surface area contributed by atoms with Gasteiger partial charge in [0.15, 0.2) is 0 Å². The van der Waals surface area contributed by atoms with Crippen LogP contribution in [0.2, 0.25) is 0 Å². The van der Waals surface area contributed by atoms with Gasteiger partial charge in [0, 0.05) is 12.6 Å². The van der Waals surface area contributed by atoms with Gasteiger partial charge in [-0.1, -0.05) is 57.5 Å². The summed E-state index contributed by atoms with van der Waals surface area (Å²) in [4.78, 5) is 2.47. The van der Waals surface area contributed by atoms with Crippen LogP contribution in [0.1, 0.15) is 51.6 Å². The van der Waals surface area contributed by atoms with E-state index >= 15 is 0 Å². The highest BCUT2D eigenvalue weighted by Crippen LogP contribution is 2.22. The van der Waals surface area contributed by atoms with Crippen LogP contribution < -0.4 is 5.32 Å². The van der Waals surface area contributed by atoms with Gasteiger partial charge in [0.25, 0.3) is 0 Å². The van der Waals surface area contributed by atoms with Gasteiger partial charge in [-0.25, -0.2) is 0 Å². The van der Waals surface area contributed by atoms with E-state index in [0.29, 0.717) is 12.0 Å². The van der Waals surface area contributed by atoms with Crippen molar-refractivity contribution in [2.75, 3.05) is 26.7 Å². The summed E-state index contributed by atoms with van der Waals surface area (Å²) in [6, 6.07) is 11.3. The number of nitrogens with zero attached hydrogens (tertiary/aromatic N) is 1. The molecule has 1 N–H and O–H groups in total. The zero-order valence-electron chi connectivity index (χ0n) is 13.7. The molecule has 0 aromatic heterocycles. The Balaban J connectivity index is 2.62. The fourth-order valence-electron chi connectivity index (χ4n) is 2.72. The summed E-state index contributed by atoms with van der Waals surface area (Å²) in [5, 5.41) is 3.72. The smallest absolute Gasteiger partial charge is 0.0358 e. The van der Waals surface area contributed by atoms with Crippen molar-refractivity contribution < 1.29 is 0 Å². The van der Waals surface area contributed by atoms with Crippen molar-refractivity contribution in [1.82, 2.24) is 10.2 Å². The van der Waals surface area contributed by atoms with E-state index in [4.69, 9.17) is 0 Å². The molecule has 0 heterocycles. The largest absolute Gasteiger partial charge is 0.310 e. The second-order valence-corrected chi connectivity index (χ2v) is 5.94. The van der Waals surface area contributed by atoms with Gasteiger partial charge in [0.05, 0.1) is 0 Å². The third kappa shape index (κ3) is 6.06. The maximum atomic E-state index is 3.72. The maximum Gasteiger partial charge on any atom is 0.0358 e. The Bertz CT molecular complexity index is 337. The molecule has 2 unspecified atom stereocenters. The van der Waals surface area contributed by atoms with Crippen LogP contribution in [0.15, 0.2) is 30.3 Å². The van der Waals surface area contributed by atoms with Gasteiger partial charge in [-0.2, -0.15) is 0 Å². The van der Waals surface area contributed by atoms with Crippen molar-refractivity contribution in [3.63, 3.8) is 0 Å².